The highest BCUT2D eigenvalue weighted by atomic mass is 35.5. The number of carbonyl (C=O) groups excluding carboxylic acids is 2. The predicted octanol–water partition coefficient (Wildman–Crippen LogP) is 5.41. The lowest BCUT2D eigenvalue weighted by Gasteiger charge is -2.33. The van der Waals surface area contributed by atoms with Gasteiger partial charge in [-0.05, 0) is 55.7 Å². The number of rotatable bonds is 11. The first-order chi connectivity index (χ1) is 19.7. The van der Waals surface area contributed by atoms with Crippen molar-refractivity contribution >= 4 is 39.1 Å². The van der Waals surface area contributed by atoms with Crippen molar-refractivity contribution in [1.29, 1.82) is 0 Å². The van der Waals surface area contributed by atoms with Gasteiger partial charge in [0.05, 0.1) is 17.7 Å². The largest absolute Gasteiger partial charge is 0.495 e. The summed E-state index contributed by atoms with van der Waals surface area (Å²) in [7, 11) is -2.81. The quantitative estimate of drug-likeness (QED) is 0.319. The maximum absolute atomic E-state index is 14.1. The van der Waals surface area contributed by atoms with E-state index in [1.165, 1.54) is 30.2 Å². The van der Waals surface area contributed by atoms with Gasteiger partial charge in [0.15, 0.2) is 0 Å². The molecule has 218 valence electrons. The van der Waals surface area contributed by atoms with E-state index in [0.717, 1.165) is 42.0 Å². The molecular formula is C31H36ClN3O5S. The Morgan fingerprint density at radius 1 is 0.976 bits per heavy atom. The molecule has 1 N–H and O–H groups in total. The topological polar surface area (TPSA) is 96.0 Å². The maximum Gasteiger partial charge on any atom is 0.264 e. The summed E-state index contributed by atoms with van der Waals surface area (Å²) in [5, 5.41) is 3.38. The average Bonchev–Trinajstić information content (AvgIpc) is 2.99. The highest BCUT2D eigenvalue weighted by molar-refractivity contribution is 7.92. The van der Waals surface area contributed by atoms with Crippen LogP contribution in [0.25, 0.3) is 0 Å². The highest BCUT2D eigenvalue weighted by Crippen LogP contribution is 2.35. The summed E-state index contributed by atoms with van der Waals surface area (Å²) in [5.74, 6) is -0.569. The summed E-state index contributed by atoms with van der Waals surface area (Å²) in [6, 6.07) is 21.0. The van der Waals surface area contributed by atoms with Gasteiger partial charge < -0.3 is 15.0 Å². The number of hydrogen-bond donors (Lipinski definition) is 1. The van der Waals surface area contributed by atoms with E-state index in [0.29, 0.717) is 0 Å². The lowest BCUT2D eigenvalue weighted by Crippen LogP contribution is -2.53. The number of anilines is 1. The van der Waals surface area contributed by atoms with Crippen molar-refractivity contribution in [2.45, 2.75) is 62.6 Å². The van der Waals surface area contributed by atoms with Crippen LogP contribution in [-0.2, 0) is 26.2 Å². The highest BCUT2D eigenvalue weighted by Gasteiger charge is 2.34. The second-order valence-electron chi connectivity index (χ2n) is 10.2. The van der Waals surface area contributed by atoms with Crippen molar-refractivity contribution < 1.29 is 22.7 Å². The SMILES string of the molecule is COc1ccc(Cl)cc1N(CC(=O)N(Cc1ccccc1)[C@H](C)C(=O)NC1CCCCC1)S(=O)(=O)c1ccccc1. The molecule has 1 atom stereocenters. The lowest BCUT2D eigenvalue weighted by atomic mass is 9.95. The van der Waals surface area contributed by atoms with Gasteiger partial charge in [0.1, 0.15) is 18.3 Å². The molecule has 0 radical (unpaired) electrons. The Morgan fingerprint density at radius 2 is 1.61 bits per heavy atom. The third kappa shape index (κ3) is 7.59. The summed E-state index contributed by atoms with van der Waals surface area (Å²) < 4.78 is 34.4. The number of halogens is 1. The first-order valence-corrected chi connectivity index (χ1v) is 15.6. The van der Waals surface area contributed by atoms with Crippen molar-refractivity contribution in [3.63, 3.8) is 0 Å². The van der Waals surface area contributed by atoms with Gasteiger partial charge in [-0.3, -0.25) is 13.9 Å². The molecule has 1 fully saturated rings. The fourth-order valence-electron chi connectivity index (χ4n) is 5.02. The van der Waals surface area contributed by atoms with Crippen LogP contribution in [-0.4, -0.2) is 50.9 Å². The van der Waals surface area contributed by atoms with E-state index < -0.39 is 28.5 Å². The number of ether oxygens (including phenoxy) is 1. The predicted molar refractivity (Wildman–Crippen MR) is 160 cm³/mol. The molecule has 0 aliphatic heterocycles. The van der Waals surface area contributed by atoms with Crippen LogP contribution < -0.4 is 14.4 Å². The lowest BCUT2D eigenvalue weighted by molar-refractivity contribution is -0.139. The molecule has 10 heteroatoms. The molecule has 41 heavy (non-hydrogen) atoms. The van der Waals surface area contributed by atoms with E-state index in [2.05, 4.69) is 5.32 Å². The first-order valence-electron chi connectivity index (χ1n) is 13.8. The second kappa shape index (κ2) is 13.9. The normalized spacial score (nSPS) is 14.6. The van der Waals surface area contributed by atoms with E-state index in [1.54, 1.807) is 37.3 Å². The number of methoxy groups -OCH3 is 1. The number of carbonyl (C=O) groups is 2. The Labute approximate surface area is 247 Å². The fraction of sp³-hybridized carbons (Fsp3) is 0.355. The number of amides is 2. The molecular weight excluding hydrogens is 562 g/mol. The average molecular weight is 598 g/mol. The molecule has 3 aromatic carbocycles. The molecule has 0 unspecified atom stereocenters. The molecule has 1 aliphatic carbocycles. The minimum atomic E-state index is -4.23. The monoisotopic (exact) mass is 597 g/mol. The van der Waals surface area contributed by atoms with Gasteiger partial charge in [0.2, 0.25) is 11.8 Å². The van der Waals surface area contributed by atoms with Gasteiger partial charge in [-0.2, -0.15) is 0 Å². The van der Waals surface area contributed by atoms with Crippen LogP contribution in [0.3, 0.4) is 0 Å². The van der Waals surface area contributed by atoms with Crippen LogP contribution in [0.2, 0.25) is 5.02 Å². The molecule has 1 saturated carbocycles. The zero-order valence-corrected chi connectivity index (χ0v) is 24.9. The van der Waals surface area contributed by atoms with E-state index in [1.807, 2.05) is 30.3 Å². The van der Waals surface area contributed by atoms with Gasteiger partial charge in [-0.1, -0.05) is 79.4 Å². The van der Waals surface area contributed by atoms with Crippen LogP contribution in [0.15, 0.2) is 83.8 Å². The van der Waals surface area contributed by atoms with Crippen molar-refractivity contribution in [3.8, 4) is 5.75 Å². The molecule has 0 spiro atoms. The number of hydrogen-bond acceptors (Lipinski definition) is 5. The smallest absolute Gasteiger partial charge is 0.264 e. The molecule has 0 saturated heterocycles. The third-order valence-corrected chi connectivity index (χ3v) is 9.34. The zero-order valence-electron chi connectivity index (χ0n) is 23.3. The molecule has 8 nitrogen and oxygen atoms in total. The van der Waals surface area contributed by atoms with Crippen LogP contribution >= 0.6 is 11.6 Å². The van der Waals surface area contributed by atoms with E-state index in [9.17, 15) is 18.0 Å². The molecule has 0 heterocycles. The van der Waals surface area contributed by atoms with Crippen LogP contribution in [0.1, 0.15) is 44.6 Å². The van der Waals surface area contributed by atoms with Crippen molar-refractivity contribution in [2.75, 3.05) is 18.0 Å². The number of sulfonamides is 1. The maximum atomic E-state index is 14.1. The molecule has 0 aromatic heterocycles. The molecule has 2 amide bonds. The Bertz CT molecular complexity index is 1430. The standard InChI is InChI=1S/C31H36ClN3O5S/c1-23(31(37)33-26-14-8-4-9-15-26)34(21-24-12-6-3-7-13-24)30(36)22-35(28-20-25(32)18-19-29(28)40-2)41(38,39)27-16-10-5-11-17-27/h3,5-7,10-13,16-20,23,26H,4,8-9,14-15,21-22H2,1-2H3,(H,33,37)/t23-/m1/s1. The minimum Gasteiger partial charge on any atom is -0.495 e. The zero-order chi connectivity index (χ0) is 29.4. The van der Waals surface area contributed by atoms with Gasteiger partial charge in [-0.15, -0.1) is 0 Å². The van der Waals surface area contributed by atoms with E-state index in [4.69, 9.17) is 16.3 Å². The van der Waals surface area contributed by atoms with Gasteiger partial charge in [-0.25, -0.2) is 8.42 Å². The van der Waals surface area contributed by atoms with Gasteiger partial charge in [0.25, 0.3) is 10.0 Å². The summed E-state index contributed by atoms with van der Waals surface area (Å²) >= 11 is 6.28. The first kappa shape index (κ1) is 30.4. The Balaban J connectivity index is 1.70. The molecule has 0 bridgehead atoms. The third-order valence-electron chi connectivity index (χ3n) is 7.33. The molecule has 3 aromatic rings. The van der Waals surface area contributed by atoms with Crippen molar-refractivity contribution in [2.24, 2.45) is 0 Å². The number of benzene rings is 3. The fourth-order valence-corrected chi connectivity index (χ4v) is 6.63. The number of nitrogens with one attached hydrogen (secondary N) is 1. The Morgan fingerprint density at radius 3 is 2.24 bits per heavy atom. The van der Waals surface area contributed by atoms with Crippen LogP contribution in [0, 0.1) is 0 Å². The van der Waals surface area contributed by atoms with E-state index >= 15 is 0 Å². The number of nitrogens with zero attached hydrogens (tertiary/aromatic N) is 2. The van der Waals surface area contributed by atoms with Crippen LogP contribution in [0.5, 0.6) is 5.75 Å². The Kier molecular flexibility index (Phi) is 10.3. The summed E-state index contributed by atoms with van der Waals surface area (Å²) in [4.78, 5) is 28.9. The van der Waals surface area contributed by atoms with E-state index in [-0.39, 0.29) is 39.8 Å². The van der Waals surface area contributed by atoms with Gasteiger partial charge in [0, 0.05) is 17.6 Å². The summed E-state index contributed by atoms with van der Waals surface area (Å²) in [6.07, 6.45) is 5.07. The van der Waals surface area contributed by atoms with Crippen molar-refractivity contribution in [1.82, 2.24) is 10.2 Å². The Hall–Kier alpha value is -3.56. The van der Waals surface area contributed by atoms with Gasteiger partial charge >= 0.3 is 0 Å². The minimum absolute atomic E-state index is 0.00697. The van der Waals surface area contributed by atoms with Crippen LogP contribution in [0.4, 0.5) is 5.69 Å². The van der Waals surface area contributed by atoms with Crippen molar-refractivity contribution in [3.05, 3.63) is 89.4 Å². The molecule has 1 aliphatic rings. The second-order valence-corrected chi connectivity index (χ2v) is 12.5. The summed E-state index contributed by atoms with van der Waals surface area (Å²) in [6.45, 7) is 1.24. The summed E-state index contributed by atoms with van der Waals surface area (Å²) in [5.41, 5.74) is 0.937. The molecule has 4 rings (SSSR count).